The van der Waals surface area contributed by atoms with Gasteiger partial charge in [0, 0.05) is 6.04 Å². The summed E-state index contributed by atoms with van der Waals surface area (Å²) < 4.78 is 0. The summed E-state index contributed by atoms with van der Waals surface area (Å²) >= 11 is 0. The van der Waals surface area contributed by atoms with Crippen molar-refractivity contribution in [3.05, 3.63) is 35.4 Å². The molecule has 0 saturated carbocycles. The van der Waals surface area contributed by atoms with E-state index in [-0.39, 0.29) is 0 Å². The molecule has 0 radical (unpaired) electrons. The summed E-state index contributed by atoms with van der Waals surface area (Å²) in [5, 5.41) is 3.41. The van der Waals surface area contributed by atoms with Gasteiger partial charge in [-0.15, -0.1) is 0 Å². The summed E-state index contributed by atoms with van der Waals surface area (Å²) in [6.45, 7) is 6.27. The van der Waals surface area contributed by atoms with E-state index < -0.39 is 0 Å². The highest BCUT2D eigenvalue weighted by Gasteiger charge is 1.97. The van der Waals surface area contributed by atoms with E-state index in [9.17, 15) is 0 Å². The largest absolute Gasteiger partial charge is 0.328 e. The molecule has 0 spiro atoms. The van der Waals surface area contributed by atoms with Gasteiger partial charge in [-0.3, -0.25) is 0 Å². The molecule has 1 atom stereocenters. The highest BCUT2D eigenvalue weighted by Crippen LogP contribution is 2.06. The molecular formula is C13H22N2. The van der Waals surface area contributed by atoms with Crippen LogP contribution < -0.4 is 11.1 Å². The Balaban J connectivity index is 2.18. The van der Waals surface area contributed by atoms with Crippen LogP contribution in [0.5, 0.6) is 0 Å². The normalized spacial score (nSPS) is 12.7. The third-order valence-corrected chi connectivity index (χ3v) is 2.61. The lowest BCUT2D eigenvalue weighted by Gasteiger charge is -2.08. The van der Waals surface area contributed by atoms with E-state index in [0.29, 0.717) is 6.04 Å². The van der Waals surface area contributed by atoms with Crippen molar-refractivity contribution in [2.24, 2.45) is 5.73 Å². The molecule has 1 unspecified atom stereocenters. The molecule has 1 rings (SSSR count). The van der Waals surface area contributed by atoms with Crippen molar-refractivity contribution >= 4 is 0 Å². The first-order valence-corrected chi connectivity index (χ1v) is 5.71. The van der Waals surface area contributed by atoms with Crippen LogP contribution in [0.25, 0.3) is 0 Å². The average molecular weight is 206 g/mol. The average Bonchev–Trinajstić information content (AvgIpc) is 2.20. The molecule has 0 saturated heterocycles. The Morgan fingerprint density at radius 3 is 2.67 bits per heavy atom. The van der Waals surface area contributed by atoms with Gasteiger partial charge in [0.15, 0.2) is 0 Å². The number of nitrogens with one attached hydrogen (secondary N) is 1. The predicted molar refractivity (Wildman–Crippen MR) is 66.0 cm³/mol. The summed E-state index contributed by atoms with van der Waals surface area (Å²) in [5.74, 6) is 0. The molecule has 0 amide bonds. The van der Waals surface area contributed by atoms with E-state index in [1.807, 2.05) is 6.92 Å². The van der Waals surface area contributed by atoms with Gasteiger partial charge in [-0.25, -0.2) is 0 Å². The van der Waals surface area contributed by atoms with E-state index in [1.54, 1.807) is 0 Å². The number of hydrogen-bond donors (Lipinski definition) is 2. The number of hydrogen-bond acceptors (Lipinski definition) is 2. The lowest BCUT2D eigenvalue weighted by molar-refractivity contribution is 0.589. The van der Waals surface area contributed by atoms with Gasteiger partial charge < -0.3 is 11.1 Å². The quantitative estimate of drug-likeness (QED) is 0.697. The minimum Gasteiger partial charge on any atom is -0.328 e. The Morgan fingerprint density at radius 2 is 2.00 bits per heavy atom. The Labute approximate surface area is 92.9 Å². The molecular weight excluding hydrogens is 184 g/mol. The zero-order valence-electron chi connectivity index (χ0n) is 9.79. The molecule has 0 heterocycles. The van der Waals surface area contributed by atoms with Gasteiger partial charge >= 0.3 is 0 Å². The van der Waals surface area contributed by atoms with Gasteiger partial charge in [0.25, 0.3) is 0 Å². The molecule has 1 aromatic carbocycles. The van der Waals surface area contributed by atoms with Gasteiger partial charge in [-0.2, -0.15) is 0 Å². The molecule has 1 aromatic rings. The molecule has 0 aliphatic carbocycles. The third kappa shape index (κ3) is 4.96. The summed E-state index contributed by atoms with van der Waals surface area (Å²) in [4.78, 5) is 0. The maximum atomic E-state index is 5.67. The van der Waals surface area contributed by atoms with Crippen molar-refractivity contribution < 1.29 is 0 Å². The lowest BCUT2D eigenvalue weighted by atomic mass is 10.1. The zero-order valence-corrected chi connectivity index (χ0v) is 9.79. The molecule has 2 nitrogen and oxygen atoms in total. The van der Waals surface area contributed by atoms with Gasteiger partial charge in [0.2, 0.25) is 0 Å². The lowest BCUT2D eigenvalue weighted by Crippen LogP contribution is -2.25. The molecule has 84 valence electrons. The first kappa shape index (κ1) is 12.2. The summed E-state index contributed by atoms with van der Waals surface area (Å²) in [7, 11) is 0. The monoisotopic (exact) mass is 206 g/mol. The predicted octanol–water partition coefficient (Wildman–Crippen LogP) is 1.86. The molecule has 0 aliphatic heterocycles. The van der Waals surface area contributed by atoms with E-state index >= 15 is 0 Å². The van der Waals surface area contributed by atoms with Crippen molar-refractivity contribution in [3.63, 3.8) is 0 Å². The van der Waals surface area contributed by atoms with Crippen LogP contribution >= 0.6 is 0 Å². The van der Waals surface area contributed by atoms with Gasteiger partial charge in [0.1, 0.15) is 0 Å². The van der Waals surface area contributed by atoms with E-state index in [4.69, 9.17) is 5.73 Å². The molecule has 15 heavy (non-hydrogen) atoms. The Morgan fingerprint density at radius 1 is 1.27 bits per heavy atom. The van der Waals surface area contributed by atoms with Crippen LogP contribution in [0.4, 0.5) is 0 Å². The number of benzene rings is 1. The standard InChI is InChI=1S/C13H22N2/c1-11-5-3-4-6-13(11)8-10-15-9-7-12(2)14/h3-6,12,15H,7-10,14H2,1-2H3. The van der Waals surface area contributed by atoms with Crippen molar-refractivity contribution in [2.75, 3.05) is 13.1 Å². The smallest absolute Gasteiger partial charge is 0.00225 e. The fourth-order valence-electron chi connectivity index (χ4n) is 1.57. The Bertz CT molecular complexity index is 282. The Kier molecular flexibility index (Phi) is 5.37. The zero-order chi connectivity index (χ0) is 11.1. The van der Waals surface area contributed by atoms with Crippen molar-refractivity contribution in [2.45, 2.75) is 32.7 Å². The maximum absolute atomic E-state index is 5.67. The van der Waals surface area contributed by atoms with Crippen LogP contribution in [-0.4, -0.2) is 19.1 Å². The van der Waals surface area contributed by atoms with Crippen LogP contribution in [0.2, 0.25) is 0 Å². The van der Waals surface area contributed by atoms with E-state index in [0.717, 1.165) is 25.9 Å². The molecule has 2 heteroatoms. The first-order chi connectivity index (χ1) is 7.20. The summed E-state index contributed by atoms with van der Waals surface area (Å²) in [6.07, 6.45) is 2.15. The second-order valence-corrected chi connectivity index (χ2v) is 4.19. The minimum absolute atomic E-state index is 0.302. The van der Waals surface area contributed by atoms with Crippen molar-refractivity contribution in [1.82, 2.24) is 5.32 Å². The van der Waals surface area contributed by atoms with Crippen LogP contribution in [0.1, 0.15) is 24.5 Å². The number of aryl methyl sites for hydroxylation is 1. The minimum atomic E-state index is 0.302. The van der Waals surface area contributed by atoms with Crippen molar-refractivity contribution in [1.29, 1.82) is 0 Å². The first-order valence-electron chi connectivity index (χ1n) is 5.71. The van der Waals surface area contributed by atoms with Crippen molar-refractivity contribution in [3.8, 4) is 0 Å². The molecule has 0 aliphatic rings. The number of nitrogens with two attached hydrogens (primary N) is 1. The molecule has 3 N–H and O–H groups in total. The highest BCUT2D eigenvalue weighted by molar-refractivity contribution is 5.25. The SMILES string of the molecule is Cc1ccccc1CCNCCC(C)N. The van der Waals surface area contributed by atoms with Crippen LogP contribution in [0.15, 0.2) is 24.3 Å². The molecule has 0 aromatic heterocycles. The number of rotatable bonds is 6. The topological polar surface area (TPSA) is 38.0 Å². The van der Waals surface area contributed by atoms with E-state index in [1.165, 1.54) is 11.1 Å². The van der Waals surface area contributed by atoms with Gasteiger partial charge in [-0.05, 0) is 50.9 Å². The molecule has 0 bridgehead atoms. The second-order valence-electron chi connectivity index (χ2n) is 4.19. The third-order valence-electron chi connectivity index (χ3n) is 2.61. The Hall–Kier alpha value is -0.860. The van der Waals surface area contributed by atoms with Crippen LogP contribution in [-0.2, 0) is 6.42 Å². The van der Waals surface area contributed by atoms with Gasteiger partial charge in [-0.1, -0.05) is 24.3 Å². The second kappa shape index (κ2) is 6.59. The highest BCUT2D eigenvalue weighted by atomic mass is 14.8. The fourth-order valence-corrected chi connectivity index (χ4v) is 1.57. The maximum Gasteiger partial charge on any atom is 0.00225 e. The summed E-state index contributed by atoms with van der Waals surface area (Å²) in [5.41, 5.74) is 8.49. The fraction of sp³-hybridized carbons (Fsp3) is 0.538. The molecule has 0 fully saturated rings. The van der Waals surface area contributed by atoms with Crippen LogP contribution in [0.3, 0.4) is 0 Å². The van der Waals surface area contributed by atoms with Gasteiger partial charge in [0.05, 0.1) is 0 Å². The van der Waals surface area contributed by atoms with E-state index in [2.05, 4.69) is 36.5 Å². The van der Waals surface area contributed by atoms with Crippen LogP contribution in [0, 0.1) is 6.92 Å². The summed E-state index contributed by atoms with van der Waals surface area (Å²) in [6, 6.07) is 8.85.